The van der Waals surface area contributed by atoms with E-state index in [2.05, 4.69) is 63.5 Å². The highest BCUT2D eigenvalue weighted by Gasteiger charge is 2.11. The van der Waals surface area contributed by atoms with Crippen LogP contribution < -0.4 is 15.5 Å². The van der Waals surface area contributed by atoms with Crippen LogP contribution in [-0.2, 0) is 11.3 Å². The van der Waals surface area contributed by atoms with Crippen LogP contribution >= 0.6 is 15.9 Å². The second-order valence-electron chi connectivity index (χ2n) is 4.92. The minimum absolute atomic E-state index is 0.0594. The van der Waals surface area contributed by atoms with Crippen molar-refractivity contribution in [3.63, 3.8) is 0 Å². The Kier molecular flexibility index (Phi) is 8.38. The van der Waals surface area contributed by atoms with E-state index < -0.39 is 0 Å². The Hall–Kier alpha value is -1.07. The van der Waals surface area contributed by atoms with Crippen LogP contribution in [0, 0.1) is 0 Å². The number of amides is 1. The standard InChI is InChI=1S/C16H26BrN3O/c1-4-9-18-11-13-7-8-14(10-15(13)17)20(6-3)12-16(21)19-5-2/h7-8,10,18H,4-6,9,11-12H2,1-3H3,(H,19,21). The van der Waals surface area contributed by atoms with E-state index in [1.165, 1.54) is 5.56 Å². The summed E-state index contributed by atoms with van der Waals surface area (Å²) in [4.78, 5) is 13.8. The smallest absolute Gasteiger partial charge is 0.239 e. The first-order valence-electron chi connectivity index (χ1n) is 7.63. The van der Waals surface area contributed by atoms with Gasteiger partial charge in [0.25, 0.3) is 0 Å². The first-order chi connectivity index (χ1) is 10.1. The summed E-state index contributed by atoms with van der Waals surface area (Å²) in [6.45, 7) is 9.89. The molecule has 0 aliphatic carbocycles. The zero-order chi connectivity index (χ0) is 15.7. The van der Waals surface area contributed by atoms with Crippen molar-refractivity contribution in [1.29, 1.82) is 0 Å². The fraction of sp³-hybridized carbons (Fsp3) is 0.562. The molecular formula is C16H26BrN3O. The third-order valence-electron chi connectivity index (χ3n) is 3.23. The summed E-state index contributed by atoms with van der Waals surface area (Å²) < 4.78 is 1.08. The Balaban J connectivity index is 2.73. The lowest BCUT2D eigenvalue weighted by atomic mass is 10.2. The third kappa shape index (κ3) is 6.06. The Bertz CT molecular complexity index is 451. The summed E-state index contributed by atoms with van der Waals surface area (Å²) in [6.07, 6.45) is 1.13. The van der Waals surface area contributed by atoms with E-state index in [0.29, 0.717) is 13.1 Å². The van der Waals surface area contributed by atoms with Gasteiger partial charge in [-0.1, -0.05) is 28.9 Å². The number of hydrogen-bond acceptors (Lipinski definition) is 3. The monoisotopic (exact) mass is 355 g/mol. The van der Waals surface area contributed by atoms with Crippen molar-refractivity contribution in [2.24, 2.45) is 0 Å². The Morgan fingerprint density at radius 2 is 2.05 bits per heavy atom. The fourth-order valence-electron chi connectivity index (χ4n) is 2.09. The molecule has 0 fully saturated rings. The van der Waals surface area contributed by atoms with Crippen LogP contribution in [-0.4, -0.2) is 32.1 Å². The van der Waals surface area contributed by atoms with Gasteiger partial charge < -0.3 is 15.5 Å². The molecule has 0 saturated heterocycles. The minimum Gasteiger partial charge on any atom is -0.362 e. The van der Waals surface area contributed by atoms with E-state index in [9.17, 15) is 4.79 Å². The lowest BCUT2D eigenvalue weighted by molar-refractivity contribution is -0.119. The lowest BCUT2D eigenvalue weighted by Crippen LogP contribution is -2.37. The first kappa shape index (κ1) is 18.0. The van der Waals surface area contributed by atoms with Crippen molar-refractivity contribution in [2.45, 2.75) is 33.7 Å². The predicted octanol–water partition coefficient (Wildman–Crippen LogP) is 2.91. The zero-order valence-electron chi connectivity index (χ0n) is 13.2. The van der Waals surface area contributed by atoms with Crippen LogP contribution in [0.3, 0.4) is 0 Å². The van der Waals surface area contributed by atoms with Crippen molar-refractivity contribution in [1.82, 2.24) is 10.6 Å². The van der Waals surface area contributed by atoms with Gasteiger partial charge in [0.05, 0.1) is 6.54 Å². The molecule has 118 valence electrons. The molecule has 1 aromatic carbocycles. The summed E-state index contributed by atoms with van der Waals surface area (Å²) in [5.41, 5.74) is 2.30. The summed E-state index contributed by atoms with van der Waals surface area (Å²) in [6, 6.07) is 6.28. The van der Waals surface area contributed by atoms with E-state index in [0.717, 1.165) is 36.2 Å². The molecule has 1 aromatic rings. The molecule has 0 atom stereocenters. The molecule has 0 radical (unpaired) electrons. The predicted molar refractivity (Wildman–Crippen MR) is 92.7 cm³/mol. The van der Waals surface area contributed by atoms with E-state index in [1.807, 2.05) is 6.92 Å². The second-order valence-corrected chi connectivity index (χ2v) is 5.77. The molecule has 0 aromatic heterocycles. The van der Waals surface area contributed by atoms with E-state index in [4.69, 9.17) is 0 Å². The zero-order valence-corrected chi connectivity index (χ0v) is 14.8. The van der Waals surface area contributed by atoms with Crippen molar-refractivity contribution in [3.8, 4) is 0 Å². The van der Waals surface area contributed by atoms with E-state index >= 15 is 0 Å². The molecule has 1 amide bonds. The number of anilines is 1. The molecule has 0 aliphatic rings. The summed E-state index contributed by atoms with van der Waals surface area (Å²) in [5, 5.41) is 6.23. The quantitative estimate of drug-likeness (QED) is 0.669. The number of carbonyl (C=O) groups is 1. The second kappa shape index (κ2) is 9.79. The first-order valence-corrected chi connectivity index (χ1v) is 8.42. The number of nitrogens with zero attached hydrogens (tertiary/aromatic N) is 1. The van der Waals surface area contributed by atoms with Gasteiger partial charge in [-0.25, -0.2) is 0 Å². The summed E-state index contributed by atoms with van der Waals surface area (Å²) >= 11 is 3.63. The van der Waals surface area contributed by atoms with Gasteiger partial charge in [-0.05, 0) is 44.5 Å². The van der Waals surface area contributed by atoms with Gasteiger partial charge in [0.2, 0.25) is 5.91 Å². The molecule has 0 spiro atoms. The van der Waals surface area contributed by atoms with Crippen LogP contribution in [0.15, 0.2) is 22.7 Å². The van der Waals surface area contributed by atoms with Crippen LogP contribution in [0.2, 0.25) is 0 Å². The Morgan fingerprint density at radius 3 is 2.62 bits per heavy atom. The molecule has 5 heteroatoms. The summed E-state index contributed by atoms with van der Waals surface area (Å²) in [7, 11) is 0. The highest BCUT2D eigenvalue weighted by Crippen LogP contribution is 2.24. The average molecular weight is 356 g/mol. The molecule has 0 bridgehead atoms. The molecule has 0 saturated carbocycles. The number of nitrogens with one attached hydrogen (secondary N) is 2. The Labute approximate surface area is 136 Å². The maximum Gasteiger partial charge on any atom is 0.239 e. The topological polar surface area (TPSA) is 44.4 Å². The van der Waals surface area contributed by atoms with Gasteiger partial charge >= 0.3 is 0 Å². The molecule has 21 heavy (non-hydrogen) atoms. The van der Waals surface area contributed by atoms with Gasteiger partial charge in [0, 0.05) is 29.8 Å². The average Bonchev–Trinajstić information content (AvgIpc) is 2.47. The van der Waals surface area contributed by atoms with E-state index in [1.54, 1.807) is 0 Å². The highest BCUT2D eigenvalue weighted by atomic mass is 79.9. The van der Waals surface area contributed by atoms with Gasteiger partial charge in [-0.3, -0.25) is 4.79 Å². The Morgan fingerprint density at radius 1 is 1.29 bits per heavy atom. The third-order valence-corrected chi connectivity index (χ3v) is 3.97. The van der Waals surface area contributed by atoms with Crippen molar-refractivity contribution < 1.29 is 4.79 Å². The molecule has 0 heterocycles. The normalized spacial score (nSPS) is 10.5. The van der Waals surface area contributed by atoms with Gasteiger partial charge in [-0.2, -0.15) is 0 Å². The minimum atomic E-state index is 0.0594. The summed E-state index contributed by atoms with van der Waals surface area (Å²) in [5.74, 6) is 0.0594. The number of likely N-dealkylation sites (N-methyl/N-ethyl adjacent to an activating group) is 2. The number of benzene rings is 1. The SMILES string of the molecule is CCCNCc1ccc(N(CC)CC(=O)NCC)cc1Br. The van der Waals surface area contributed by atoms with E-state index in [-0.39, 0.29) is 5.91 Å². The number of halogens is 1. The van der Waals surface area contributed by atoms with Crippen LogP contribution in [0.25, 0.3) is 0 Å². The van der Waals surface area contributed by atoms with Crippen molar-refractivity contribution >= 4 is 27.5 Å². The van der Waals surface area contributed by atoms with Crippen LogP contribution in [0.1, 0.15) is 32.8 Å². The van der Waals surface area contributed by atoms with Crippen molar-refractivity contribution in [2.75, 3.05) is 31.1 Å². The number of rotatable bonds is 9. The molecule has 4 nitrogen and oxygen atoms in total. The maximum atomic E-state index is 11.7. The molecule has 1 rings (SSSR count). The molecule has 0 aliphatic heterocycles. The lowest BCUT2D eigenvalue weighted by Gasteiger charge is -2.23. The molecular weight excluding hydrogens is 330 g/mol. The molecule has 2 N–H and O–H groups in total. The highest BCUT2D eigenvalue weighted by molar-refractivity contribution is 9.10. The van der Waals surface area contributed by atoms with Crippen molar-refractivity contribution in [3.05, 3.63) is 28.2 Å². The van der Waals surface area contributed by atoms with Crippen LogP contribution in [0.4, 0.5) is 5.69 Å². The van der Waals surface area contributed by atoms with Gasteiger partial charge in [0.15, 0.2) is 0 Å². The number of hydrogen-bond donors (Lipinski definition) is 2. The largest absolute Gasteiger partial charge is 0.362 e. The maximum absolute atomic E-state index is 11.7. The number of carbonyl (C=O) groups excluding carboxylic acids is 1. The van der Waals surface area contributed by atoms with Gasteiger partial charge in [-0.15, -0.1) is 0 Å². The fourth-order valence-corrected chi connectivity index (χ4v) is 2.60. The van der Waals surface area contributed by atoms with Gasteiger partial charge in [0.1, 0.15) is 0 Å². The van der Waals surface area contributed by atoms with Crippen LogP contribution in [0.5, 0.6) is 0 Å². The molecule has 0 unspecified atom stereocenters.